The SMILES string of the molecule is Cc1nc(C(C)(NC(=O)CC(C)CC(=O)NC(C)(c2noc(C)n2)C2CC2)C2CC2)no1. The van der Waals surface area contributed by atoms with Gasteiger partial charge >= 0.3 is 0 Å². The van der Waals surface area contributed by atoms with Gasteiger partial charge in [0.25, 0.3) is 0 Å². The summed E-state index contributed by atoms with van der Waals surface area (Å²) in [6.45, 7) is 9.25. The highest BCUT2D eigenvalue weighted by Gasteiger charge is 2.48. The van der Waals surface area contributed by atoms with E-state index in [4.69, 9.17) is 9.05 Å². The van der Waals surface area contributed by atoms with E-state index in [1.54, 1.807) is 13.8 Å². The zero-order valence-corrected chi connectivity index (χ0v) is 19.4. The summed E-state index contributed by atoms with van der Waals surface area (Å²) in [4.78, 5) is 34.3. The quantitative estimate of drug-likeness (QED) is 0.571. The van der Waals surface area contributed by atoms with E-state index < -0.39 is 11.1 Å². The number of amides is 2. The molecule has 2 atom stereocenters. The topological polar surface area (TPSA) is 136 Å². The highest BCUT2D eigenvalue weighted by molar-refractivity contribution is 5.80. The maximum atomic E-state index is 12.8. The molecule has 2 heterocycles. The fourth-order valence-electron chi connectivity index (χ4n) is 4.41. The Labute approximate surface area is 187 Å². The van der Waals surface area contributed by atoms with Crippen LogP contribution in [0.5, 0.6) is 0 Å². The summed E-state index contributed by atoms with van der Waals surface area (Å²) in [6.07, 6.45) is 4.51. The Hall–Kier alpha value is -2.78. The molecule has 2 aromatic heterocycles. The van der Waals surface area contributed by atoms with Crippen molar-refractivity contribution in [2.45, 2.75) is 84.2 Å². The molecular formula is C22H32N6O4. The normalized spacial score (nSPS) is 20.8. The summed E-state index contributed by atoms with van der Waals surface area (Å²) < 4.78 is 10.3. The molecule has 0 saturated heterocycles. The van der Waals surface area contributed by atoms with E-state index in [-0.39, 0.29) is 30.6 Å². The van der Waals surface area contributed by atoms with Crippen LogP contribution in [0.15, 0.2) is 9.05 Å². The van der Waals surface area contributed by atoms with Crippen LogP contribution < -0.4 is 10.6 Å². The highest BCUT2D eigenvalue weighted by atomic mass is 16.5. The van der Waals surface area contributed by atoms with Crippen molar-refractivity contribution in [2.75, 3.05) is 0 Å². The standard InChI is InChI=1S/C22H32N6O4/c1-12(10-17(29)25-21(4,15-6-7-15)19-23-13(2)31-27-19)11-18(30)26-22(5,16-8-9-16)20-24-14(3)32-28-20/h12,15-16H,6-11H2,1-5H3,(H,25,29)(H,26,30). The molecular weight excluding hydrogens is 412 g/mol. The van der Waals surface area contributed by atoms with Gasteiger partial charge < -0.3 is 19.7 Å². The fourth-order valence-corrected chi connectivity index (χ4v) is 4.41. The Balaban J connectivity index is 1.34. The van der Waals surface area contributed by atoms with Crippen LogP contribution in [0, 0.1) is 31.6 Å². The number of hydrogen-bond acceptors (Lipinski definition) is 8. The lowest BCUT2D eigenvalue weighted by Crippen LogP contribution is -2.47. The molecule has 32 heavy (non-hydrogen) atoms. The minimum atomic E-state index is -0.655. The fraction of sp³-hybridized carbons (Fsp3) is 0.727. The molecule has 0 spiro atoms. The van der Waals surface area contributed by atoms with E-state index in [9.17, 15) is 9.59 Å². The number of hydrogen-bond donors (Lipinski definition) is 2. The predicted molar refractivity (Wildman–Crippen MR) is 113 cm³/mol. The van der Waals surface area contributed by atoms with Crippen molar-refractivity contribution >= 4 is 11.8 Å². The summed E-state index contributed by atoms with van der Waals surface area (Å²) in [7, 11) is 0. The average Bonchev–Trinajstić information content (AvgIpc) is 3.62. The smallest absolute Gasteiger partial charge is 0.223 e. The molecule has 10 nitrogen and oxygen atoms in total. The summed E-state index contributed by atoms with van der Waals surface area (Å²) >= 11 is 0. The summed E-state index contributed by atoms with van der Waals surface area (Å²) in [5.74, 6) is 2.16. The van der Waals surface area contributed by atoms with Crippen molar-refractivity contribution in [1.82, 2.24) is 30.9 Å². The van der Waals surface area contributed by atoms with Gasteiger partial charge in [0.05, 0.1) is 0 Å². The minimum absolute atomic E-state index is 0.124. The zero-order valence-electron chi connectivity index (χ0n) is 19.4. The van der Waals surface area contributed by atoms with E-state index in [1.807, 2.05) is 20.8 Å². The van der Waals surface area contributed by atoms with Gasteiger partial charge in [-0.25, -0.2) is 0 Å². The van der Waals surface area contributed by atoms with Gasteiger partial charge in [-0.3, -0.25) is 9.59 Å². The van der Waals surface area contributed by atoms with Crippen molar-refractivity contribution in [3.8, 4) is 0 Å². The van der Waals surface area contributed by atoms with Gasteiger partial charge in [0, 0.05) is 26.7 Å². The van der Waals surface area contributed by atoms with Crippen LogP contribution in [0.2, 0.25) is 0 Å². The predicted octanol–water partition coefficient (Wildman–Crippen LogP) is 2.67. The lowest BCUT2D eigenvalue weighted by molar-refractivity contribution is -0.126. The van der Waals surface area contributed by atoms with Crippen LogP contribution >= 0.6 is 0 Å². The van der Waals surface area contributed by atoms with Crippen LogP contribution in [0.3, 0.4) is 0 Å². The van der Waals surface area contributed by atoms with Crippen molar-refractivity contribution in [1.29, 1.82) is 0 Å². The molecule has 0 aromatic carbocycles. The van der Waals surface area contributed by atoms with Crippen LogP contribution in [0.25, 0.3) is 0 Å². The lowest BCUT2D eigenvalue weighted by atomic mass is 9.92. The molecule has 2 unspecified atom stereocenters. The van der Waals surface area contributed by atoms with E-state index in [2.05, 4.69) is 30.9 Å². The van der Waals surface area contributed by atoms with Crippen molar-refractivity contribution in [3.05, 3.63) is 23.4 Å². The third kappa shape index (κ3) is 4.68. The van der Waals surface area contributed by atoms with Gasteiger partial charge in [-0.1, -0.05) is 17.2 Å². The molecule has 2 saturated carbocycles. The Kier molecular flexibility index (Phi) is 5.81. The summed E-state index contributed by atoms with van der Waals surface area (Å²) in [6, 6.07) is 0. The molecule has 174 valence electrons. The van der Waals surface area contributed by atoms with Gasteiger partial charge in [-0.2, -0.15) is 9.97 Å². The third-order valence-corrected chi connectivity index (χ3v) is 6.64. The van der Waals surface area contributed by atoms with Crippen LogP contribution in [0.4, 0.5) is 0 Å². The molecule has 2 aliphatic carbocycles. The van der Waals surface area contributed by atoms with Crippen molar-refractivity contribution < 1.29 is 18.6 Å². The van der Waals surface area contributed by atoms with Crippen molar-refractivity contribution in [3.63, 3.8) is 0 Å². The van der Waals surface area contributed by atoms with Crippen LogP contribution in [-0.4, -0.2) is 32.1 Å². The first-order valence-corrected chi connectivity index (χ1v) is 11.3. The van der Waals surface area contributed by atoms with E-state index in [0.29, 0.717) is 35.3 Å². The highest BCUT2D eigenvalue weighted by Crippen LogP contribution is 2.45. The van der Waals surface area contributed by atoms with Gasteiger partial charge in [0.1, 0.15) is 11.1 Å². The number of aryl methyl sites for hydroxylation is 2. The Morgan fingerprint density at radius 1 is 0.875 bits per heavy atom. The number of carbonyl (C=O) groups excluding carboxylic acids is 2. The molecule has 0 aliphatic heterocycles. The second-order valence-electron chi connectivity index (χ2n) is 9.84. The average molecular weight is 445 g/mol. The maximum Gasteiger partial charge on any atom is 0.223 e. The first-order valence-electron chi connectivity index (χ1n) is 11.3. The molecule has 2 amide bonds. The second kappa shape index (κ2) is 8.29. The van der Waals surface area contributed by atoms with Crippen LogP contribution in [-0.2, 0) is 20.7 Å². The molecule has 4 rings (SSSR count). The van der Waals surface area contributed by atoms with E-state index >= 15 is 0 Å². The molecule has 10 heteroatoms. The minimum Gasteiger partial charge on any atom is -0.343 e. The molecule has 2 aromatic rings. The lowest BCUT2D eigenvalue weighted by Gasteiger charge is -2.29. The number of carbonyl (C=O) groups is 2. The molecule has 0 radical (unpaired) electrons. The van der Waals surface area contributed by atoms with Gasteiger partial charge in [-0.15, -0.1) is 0 Å². The number of nitrogens with one attached hydrogen (secondary N) is 2. The Bertz CT molecular complexity index is 916. The van der Waals surface area contributed by atoms with Gasteiger partial charge in [0.2, 0.25) is 23.6 Å². The zero-order chi connectivity index (χ0) is 23.1. The maximum absolute atomic E-state index is 12.8. The third-order valence-electron chi connectivity index (χ3n) is 6.64. The Morgan fingerprint density at radius 3 is 1.53 bits per heavy atom. The summed E-state index contributed by atoms with van der Waals surface area (Å²) in [5, 5.41) is 14.3. The molecule has 2 aliphatic rings. The van der Waals surface area contributed by atoms with Crippen LogP contribution in [0.1, 0.15) is 82.7 Å². The largest absolute Gasteiger partial charge is 0.343 e. The number of aromatic nitrogens is 4. The van der Waals surface area contributed by atoms with Crippen molar-refractivity contribution in [2.24, 2.45) is 17.8 Å². The Morgan fingerprint density at radius 2 is 1.25 bits per heavy atom. The molecule has 2 fully saturated rings. The number of rotatable bonds is 10. The monoisotopic (exact) mass is 444 g/mol. The first-order chi connectivity index (χ1) is 15.1. The summed E-state index contributed by atoms with van der Waals surface area (Å²) in [5.41, 5.74) is -1.31. The van der Waals surface area contributed by atoms with E-state index in [0.717, 1.165) is 25.7 Å². The molecule has 2 N–H and O–H groups in total. The number of nitrogens with zero attached hydrogens (tertiary/aromatic N) is 4. The van der Waals surface area contributed by atoms with Gasteiger partial charge in [-0.05, 0) is 57.3 Å². The van der Waals surface area contributed by atoms with Gasteiger partial charge in [0.15, 0.2) is 11.6 Å². The second-order valence-corrected chi connectivity index (χ2v) is 9.84. The first kappa shape index (κ1) is 22.4. The van der Waals surface area contributed by atoms with E-state index in [1.165, 1.54) is 0 Å². The molecule has 0 bridgehead atoms.